The zero-order valence-electron chi connectivity index (χ0n) is 12.5. The van der Waals surface area contributed by atoms with Crippen molar-refractivity contribution in [3.63, 3.8) is 0 Å². The van der Waals surface area contributed by atoms with Gasteiger partial charge in [0.2, 0.25) is 0 Å². The monoisotopic (exact) mass is 279 g/mol. The van der Waals surface area contributed by atoms with Gasteiger partial charge < -0.3 is 10.0 Å². The van der Waals surface area contributed by atoms with Gasteiger partial charge in [-0.15, -0.1) is 0 Å². The van der Waals surface area contributed by atoms with Gasteiger partial charge in [-0.2, -0.15) is 5.10 Å². The largest absolute Gasteiger partial charge is 0.391 e. The summed E-state index contributed by atoms with van der Waals surface area (Å²) in [6.45, 7) is 6.12. The Hall–Kier alpha value is -1.36. The van der Waals surface area contributed by atoms with Crippen molar-refractivity contribution in [3.8, 4) is 0 Å². The van der Waals surface area contributed by atoms with Crippen LogP contribution in [0.3, 0.4) is 0 Å². The Balaban J connectivity index is 2.07. The fourth-order valence-corrected chi connectivity index (χ4v) is 2.99. The zero-order chi connectivity index (χ0) is 14.5. The first-order valence-corrected chi connectivity index (χ1v) is 7.65. The minimum atomic E-state index is -0.456. The van der Waals surface area contributed by atoms with Gasteiger partial charge in [-0.25, -0.2) is 4.68 Å². The fourth-order valence-electron chi connectivity index (χ4n) is 2.99. The summed E-state index contributed by atoms with van der Waals surface area (Å²) in [7, 11) is 0. The van der Waals surface area contributed by atoms with Gasteiger partial charge in [0.15, 0.2) is 0 Å². The molecule has 1 aromatic rings. The Labute approximate surface area is 120 Å². The average Bonchev–Trinajstić information content (AvgIpc) is 2.97. The molecule has 0 aromatic carbocycles. The predicted octanol–water partition coefficient (Wildman–Crippen LogP) is 1.64. The molecule has 0 aliphatic heterocycles. The molecule has 1 N–H and O–H groups in total. The molecule has 1 saturated carbocycles. The Morgan fingerprint density at radius 1 is 1.40 bits per heavy atom. The lowest BCUT2D eigenvalue weighted by Gasteiger charge is -2.21. The topological polar surface area (TPSA) is 58.4 Å². The molecule has 112 valence electrons. The molecule has 0 saturated heterocycles. The summed E-state index contributed by atoms with van der Waals surface area (Å²) >= 11 is 0. The number of aliphatic hydroxyl groups excluding tert-OH is 1. The first-order valence-electron chi connectivity index (χ1n) is 7.65. The molecular weight excluding hydrogens is 254 g/mol. The van der Waals surface area contributed by atoms with Crippen LogP contribution in [0.15, 0.2) is 17.1 Å². The van der Waals surface area contributed by atoms with Gasteiger partial charge >= 0.3 is 0 Å². The summed E-state index contributed by atoms with van der Waals surface area (Å²) in [4.78, 5) is 14.2. The number of aromatic nitrogens is 2. The molecule has 0 amide bonds. The standard InChI is InChI=1S/C15H25N3O2/c1-3-17(4-2)13-9-15(20)18(16-10-13)11-14(19)12-7-5-6-8-12/h9-10,12,14,19H,3-8,11H2,1-2H3. The van der Waals surface area contributed by atoms with Gasteiger partial charge in [0.25, 0.3) is 5.56 Å². The Morgan fingerprint density at radius 3 is 2.60 bits per heavy atom. The Bertz CT molecular complexity index is 476. The van der Waals surface area contributed by atoms with Crippen molar-refractivity contribution in [1.29, 1.82) is 0 Å². The average molecular weight is 279 g/mol. The molecule has 0 spiro atoms. The van der Waals surface area contributed by atoms with Crippen molar-refractivity contribution in [3.05, 3.63) is 22.6 Å². The lowest BCUT2D eigenvalue weighted by molar-refractivity contribution is 0.0878. The van der Waals surface area contributed by atoms with Crippen molar-refractivity contribution >= 4 is 5.69 Å². The van der Waals surface area contributed by atoms with Crippen molar-refractivity contribution in [1.82, 2.24) is 9.78 Å². The summed E-state index contributed by atoms with van der Waals surface area (Å²) in [6.07, 6.45) is 5.76. The van der Waals surface area contributed by atoms with E-state index in [0.717, 1.165) is 31.6 Å². The van der Waals surface area contributed by atoms with Crippen LogP contribution >= 0.6 is 0 Å². The summed E-state index contributed by atoms with van der Waals surface area (Å²) in [5.41, 5.74) is 0.720. The number of hydrogen-bond donors (Lipinski definition) is 1. The van der Waals surface area contributed by atoms with E-state index in [1.165, 1.54) is 17.5 Å². The molecule has 0 bridgehead atoms. The van der Waals surface area contributed by atoms with Gasteiger partial charge in [-0.3, -0.25) is 4.79 Å². The molecule has 0 radical (unpaired) electrons. The Morgan fingerprint density at radius 2 is 2.05 bits per heavy atom. The van der Waals surface area contributed by atoms with Gasteiger partial charge in [0.1, 0.15) is 0 Å². The van der Waals surface area contributed by atoms with E-state index in [2.05, 4.69) is 23.8 Å². The molecule has 1 unspecified atom stereocenters. The summed E-state index contributed by atoms with van der Waals surface area (Å²) < 4.78 is 1.38. The summed E-state index contributed by atoms with van der Waals surface area (Å²) in [6, 6.07) is 1.61. The number of anilines is 1. The first kappa shape index (κ1) is 15.0. The molecule has 20 heavy (non-hydrogen) atoms. The summed E-state index contributed by atoms with van der Waals surface area (Å²) in [5, 5.41) is 14.4. The first-order chi connectivity index (χ1) is 9.65. The molecule has 5 heteroatoms. The van der Waals surface area contributed by atoms with Crippen LogP contribution in [0.5, 0.6) is 0 Å². The van der Waals surface area contributed by atoms with Crippen LogP contribution in [-0.4, -0.2) is 34.1 Å². The van der Waals surface area contributed by atoms with Crippen molar-refractivity contribution in [2.45, 2.75) is 52.2 Å². The lowest BCUT2D eigenvalue weighted by atomic mass is 10.0. The lowest BCUT2D eigenvalue weighted by Crippen LogP contribution is -2.33. The van der Waals surface area contributed by atoms with E-state index in [4.69, 9.17) is 0 Å². The van der Waals surface area contributed by atoms with E-state index in [0.29, 0.717) is 12.5 Å². The number of aliphatic hydroxyl groups is 1. The zero-order valence-corrected chi connectivity index (χ0v) is 12.5. The fraction of sp³-hybridized carbons (Fsp3) is 0.733. The van der Waals surface area contributed by atoms with E-state index in [9.17, 15) is 9.90 Å². The van der Waals surface area contributed by atoms with Crippen LogP contribution in [0.2, 0.25) is 0 Å². The second-order valence-electron chi connectivity index (χ2n) is 5.52. The van der Waals surface area contributed by atoms with Crippen molar-refractivity contribution in [2.24, 2.45) is 5.92 Å². The minimum absolute atomic E-state index is 0.133. The molecule has 1 aliphatic carbocycles. The van der Waals surface area contributed by atoms with Crippen LogP contribution in [-0.2, 0) is 6.54 Å². The van der Waals surface area contributed by atoms with Crippen LogP contribution < -0.4 is 10.5 Å². The third-order valence-electron chi connectivity index (χ3n) is 4.29. The smallest absolute Gasteiger partial charge is 0.268 e. The molecule has 1 fully saturated rings. The van der Waals surface area contributed by atoms with Crippen molar-refractivity contribution in [2.75, 3.05) is 18.0 Å². The maximum absolute atomic E-state index is 12.1. The molecule has 1 aromatic heterocycles. The van der Waals surface area contributed by atoms with Crippen LogP contribution in [0, 0.1) is 5.92 Å². The Kier molecular flexibility index (Phi) is 5.17. The molecular formula is C15H25N3O2. The molecule has 5 nitrogen and oxygen atoms in total. The normalized spacial score (nSPS) is 17.4. The SMILES string of the molecule is CCN(CC)c1cnn(CC(O)C2CCCC2)c(=O)c1. The van der Waals surface area contributed by atoms with Gasteiger partial charge in [-0.05, 0) is 32.6 Å². The van der Waals surface area contributed by atoms with E-state index < -0.39 is 6.10 Å². The summed E-state index contributed by atoms with van der Waals surface area (Å²) in [5.74, 6) is 0.325. The van der Waals surface area contributed by atoms with Crippen LogP contribution in [0.4, 0.5) is 5.69 Å². The maximum Gasteiger partial charge on any atom is 0.268 e. The maximum atomic E-state index is 12.1. The number of nitrogens with zero attached hydrogens (tertiary/aromatic N) is 3. The molecule has 2 rings (SSSR count). The minimum Gasteiger partial charge on any atom is -0.391 e. The number of rotatable bonds is 6. The van der Waals surface area contributed by atoms with Crippen LogP contribution in [0.25, 0.3) is 0 Å². The third kappa shape index (κ3) is 3.39. The highest BCUT2D eigenvalue weighted by atomic mass is 16.3. The van der Waals surface area contributed by atoms with E-state index >= 15 is 0 Å². The van der Waals surface area contributed by atoms with Crippen molar-refractivity contribution < 1.29 is 5.11 Å². The quantitative estimate of drug-likeness (QED) is 0.860. The van der Waals surface area contributed by atoms with Gasteiger partial charge in [0, 0.05) is 19.2 Å². The van der Waals surface area contributed by atoms with Crippen LogP contribution in [0.1, 0.15) is 39.5 Å². The molecule has 1 heterocycles. The number of hydrogen-bond acceptors (Lipinski definition) is 4. The molecule has 1 atom stereocenters. The van der Waals surface area contributed by atoms with E-state index in [-0.39, 0.29) is 5.56 Å². The van der Waals surface area contributed by atoms with E-state index in [1.54, 1.807) is 12.3 Å². The second-order valence-corrected chi connectivity index (χ2v) is 5.52. The highest BCUT2D eigenvalue weighted by Gasteiger charge is 2.24. The highest BCUT2D eigenvalue weighted by Crippen LogP contribution is 2.28. The predicted molar refractivity (Wildman–Crippen MR) is 80.0 cm³/mol. The second kappa shape index (κ2) is 6.88. The molecule has 1 aliphatic rings. The van der Waals surface area contributed by atoms with Gasteiger partial charge in [-0.1, -0.05) is 12.8 Å². The third-order valence-corrected chi connectivity index (χ3v) is 4.29. The van der Waals surface area contributed by atoms with E-state index in [1.807, 2.05) is 0 Å². The van der Waals surface area contributed by atoms with Gasteiger partial charge in [0.05, 0.1) is 24.5 Å². The highest BCUT2D eigenvalue weighted by molar-refractivity contribution is 5.42.